The maximum absolute atomic E-state index is 13.7. The van der Waals surface area contributed by atoms with Crippen molar-refractivity contribution in [3.63, 3.8) is 0 Å². The van der Waals surface area contributed by atoms with Gasteiger partial charge in [0, 0.05) is 17.1 Å². The standard InChI is InChI=1S/C12H9F2NO2/c13-12(14,7-11(16)17)9-5-6-15-10-4-2-1-3-8(9)10/h1-6H,7H2,(H,16,17). The second-order valence-electron chi connectivity index (χ2n) is 3.65. The minimum atomic E-state index is -3.39. The van der Waals surface area contributed by atoms with Gasteiger partial charge in [-0.3, -0.25) is 9.78 Å². The molecule has 17 heavy (non-hydrogen) atoms. The van der Waals surface area contributed by atoms with E-state index in [1.54, 1.807) is 18.2 Å². The average Bonchev–Trinajstić information content (AvgIpc) is 2.26. The van der Waals surface area contributed by atoms with Gasteiger partial charge in [-0.1, -0.05) is 18.2 Å². The summed E-state index contributed by atoms with van der Waals surface area (Å²) in [5, 5.41) is 8.77. The van der Waals surface area contributed by atoms with Crippen LogP contribution < -0.4 is 0 Å². The first-order valence-electron chi connectivity index (χ1n) is 4.94. The second-order valence-corrected chi connectivity index (χ2v) is 3.65. The molecule has 0 bridgehead atoms. The Morgan fingerprint density at radius 2 is 2.00 bits per heavy atom. The highest BCUT2D eigenvalue weighted by atomic mass is 19.3. The van der Waals surface area contributed by atoms with E-state index >= 15 is 0 Å². The molecule has 1 aromatic carbocycles. The molecule has 0 aliphatic heterocycles. The summed E-state index contributed by atoms with van der Waals surface area (Å²) in [5.41, 5.74) is 0.126. The molecule has 0 fully saturated rings. The van der Waals surface area contributed by atoms with Crippen LogP contribution in [0, 0.1) is 0 Å². The lowest BCUT2D eigenvalue weighted by molar-refractivity contribution is -0.145. The van der Waals surface area contributed by atoms with Crippen LogP contribution in [0.25, 0.3) is 10.9 Å². The maximum Gasteiger partial charge on any atom is 0.309 e. The molecule has 88 valence electrons. The first-order valence-corrected chi connectivity index (χ1v) is 4.94. The van der Waals surface area contributed by atoms with Crippen LogP contribution in [0.3, 0.4) is 0 Å². The molecule has 2 rings (SSSR count). The summed E-state index contributed by atoms with van der Waals surface area (Å²) in [6, 6.07) is 7.58. The largest absolute Gasteiger partial charge is 0.481 e. The molecule has 0 unspecified atom stereocenters. The monoisotopic (exact) mass is 237 g/mol. The van der Waals surface area contributed by atoms with Crippen LogP contribution in [0.5, 0.6) is 0 Å². The summed E-state index contributed by atoms with van der Waals surface area (Å²) in [6.07, 6.45) is 0.0361. The van der Waals surface area contributed by atoms with Crippen molar-refractivity contribution in [1.29, 1.82) is 0 Å². The summed E-state index contributed by atoms with van der Waals surface area (Å²) in [4.78, 5) is 14.4. The molecule has 1 N–H and O–H groups in total. The van der Waals surface area contributed by atoms with Gasteiger partial charge in [-0.15, -0.1) is 0 Å². The minimum absolute atomic E-state index is 0.279. The highest BCUT2D eigenvalue weighted by Crippen LogP contribution is 2.35. The number of hydrogen-bond donors (Lipinski definition) is 1. The van der Waals surface area contributed by atoms with Crippen molar-refractivity contribution in [2.45, 2.75) is 12.3 Å². The van der Waals surface area contributed by atoms with Crippen molar-refractivity contribution < 1.29 is 18.7 Å². The zero-order chi connectivity index (χ0) is 12.5. The number of para-hydroxylation sites is 1. The van der Waals surface area contributed by atoms with Crippen LogP contribution in [0.1, 0.15) is 12.0 Å². The van der Waals surface area contributed by atoms with Crippen LogP contribution >= 0.6 is 0 Å². The van der Waals surface area contributed by atoms with Crippen LogP contribution in [-0.2, 0) is 10.7 Å². The van der Waals surface area contributed by atoms with Gasteiger partial charge in [0.25, 0.3) is 5.92 Å². The van der Waals surface area contributed by atoms with E-state index in [1.807, 2.05) is 0 Å². The normalized spacial score (nSPS) is 11.6. The molecule has 0 amide bonds. The Hall–Kier alpha value is -2.04. The molecular formula is C12H9F2NO2. The number of fused-ring (bicyclic) bond motifs is 1. The van der Waals surface area contributed by atoms with Crippen LogP contribution in [-0.4, -0.2) is 16.1 Å². The molecule has 0 aliphatic carbocycles. The fourth-order valence-electron chi connectivity index (χ4n) is 1.70. The lowest BCUT2D eigenvalue weighted by Gasteiger charge is -2.16. The number of rotatable bonds is 3. The van der Waals surface area contributed by atoms with Crippen molar-refractivity contribution in [3.8, 4) is 0 Å². The summed E-state index contributed by atoms with van der Waals surface area (Å²) in [5.74, 6) is -4.93. The molecule has 1 aromatic heterocycles. The zero-order valence-corrected chi connectivity index (χ0v) is 8.73. The number of carbonyl (C=O) groups is 1. The van der Waals surface area contributed by atoms with Crippen molar-refractivity contribution >= 4 is 16.9 Å². The van der Waals surface area contributed by atoms with E-state index in [2.05, 4.69) is 4.98 Å². The predicted octanol–water partition coefficient (Wildman–Crippen LogP) is 2.80. The van der Waals surface area contributed by atoms with Crippen molar-refractivity contribution in [2.24, 2.45) is 0 Å². The number of carboxylic acid groups (broad SMARTS) is 1. The van der Waals surface area contributed by atoms with Gasteiger partial charge in [0.2, 0.25) is 0 Å². The highest BCUT2D eigenvalue weighted by Gasteiger charge is 2.36. The van der Waals surface area contributed by atoms with Crippen LogP contribution in [0.4, 0.5) is 8.78 Å². The van der Waals surface area contributed by atoms with Crippen molar-refractivity contribution in [1.82, 2.24) is 4.98 Å². The average molecular weight is 237 g/mol. The van der Waals surface area contributed by atoms with Gasteiger partial charge in [-0.2, -0.15) is 0 Å². The number of pyridine rings is 1. The lowest BCUT2D eigenvalue weighted by Crippen LogP contribution is -2.19. The van der Waals surface area contributed by atoms with Gasteiger partial charge in [-0.05, 0) is 12.1 Å². The minimum Gasteiger partial charge on any atom is -0.481 e. The van der Waals surface area contributed by atoms with E-state index < -0.39 is 18.3 Å². The zero-order valence-electron chi connectivity index (χ0n) is 8.73. The summed E-state index contributed by atoms with van der Waals surface area (Å²) in [6.45, 7) is 0. The Kier molecular flexibility index (Phi) is 2.75. The Labute approximate surface area is 95.7 Å². The van der Waals surface area contributed by atoms with Gasteiger partial charge in [0.1, 0.15) is 6.42 Å². The smallest absolute Gasteiger partial charge is 0.309 e. The summed E-state index contributed by atoms with van der Waals surface area (Å²) >= 11 is 0. The third kappa shape index (κ3) is 2.22. The Morgan fingerprint density at radius 1 is 1.29 bits per heavy atom. The van der Waals surface area contributed by atoms with E-state index in [1.165, 1.54) is 12.3 Å². The number of alkyl halides is 2. The molecule has 5 heteroatoms. The molecule has 0 aliphatic rings. The Bertz CT molecular complexity index is 564. The predicted molar refractivity (Wildman–Crippen MR) is 57.9 cm³/mol. The molecule has 0 saturated heterocycles. The maximum atomic E-state index is 13.7. The number of carboxylic acids is 1. The van der Waals surface area contributed by atoms with Gasteiger partial charge in [0.05, 0.1) is 5.52 Å². The molecule has 0 atom stereocenters. The van der Waals surface area contributed by atoms with E-state index in [-0.39, 0.29) is 10.9 Å². The van der Waals surface area contributed by atoms with E-state index in [0.29, 0.717) is 5.52 Å². The Balaban J connectivity index is 2.58. The lowest BCUT2D eigenvalue weighted by atomic mass is 10.0. The van der Waals surface area contributed by atoms with Crippen LogP contribution in [0.2, 0.25) is 0 Å². The quantitative estimate of drug-likeness (QED) is 0.892. The van der Waals surface area contributed by atoms with E-state index in [4.69, 9.17) is 5.11 Å². The van der Waals surface area contributed by atoms with Gasteiger partial charge in [0.15, 0.2) is 0 Å². The number of aliphatic carboxylic acids is 1. The number of benzene rings is 1. The molecule has 3 nitrogen and oxygen atoms in total. The number of nitrogens with zero attached hydrogens (tertiary/aromatic N) is 1. The van der Waals surface area contributed by atoms with Gasteiger partial charge < -0.3 is 5.11 Å². The first kappa shape index (κ1) is 11.4. The van der Waals surface area contributed by atoms with Gasteiger partial charge in [-0.25, -0.2) is 8.78 Å². The molecule has 0 spiro atoms. The fraction of sp³-hybridized carbons (Fsp3) is 0.167. The number of hydrogen-bond acceptors (Lipinski definition) is 2. The Morgan fingerprint density at radius 3 is 2.71 bits per heavy atom. The SMILES string of the molecule is O=C(O)CC(F)(F)c1ccnc2ccccc12. The number of aromatic nitrogens is 1. The van der Waals surface area contributed by atoms with Crippen LogP contribution in [0.15, 0.2) is 36.5 Å². The third-order valence-corrected chi connectivity index (χ3v) is 2.42. The van der Waals surface area contributed by atoms with E-state index in [0.717, 1.165) is 6.07 Å². The molecule has 1 heterocycles. The number of halogens is 2. The summed E-state index contributed by atoms with van der Waals surface area (Å²) < 4.78 is 27.5. The summed E-state index contributed by atoms with van der Waals surface area (Å²) in [7, 11) is 0. The second kappa shape index (κ2) is 4.08. The van der Waals surface area contributed by atoms with Crippen molar-refractivity contribution in [2.75, 3.05) is 0 Å². The molecule has 0 radical (unpaired) electrons. The van der Waals surface area contributed by atoms with Crippen molar-refractivity contribution in [3.05, 3.63) is 42.1 Å². The highest BCUT2D eigenvalue weighted by molar-refractivity contribution is 5.83. The third-order valence-electron chi connectivity index (χ3n) is 2.42. The molecular weight excluding hydrogens is 228 g/mol. The topological polar surface area (TPSA) is 50.2 Å². The molecule has 0 saturated carbocycles. The molecule has 2 aromatic rings. The fourth-order valence-corrected chi connectivity index (χ4v) is 1.70. The first-order chi connectivity index (χ1) is 8.00. The van der Waals surface area contributed by atoms with E-state index in [9.17, 15) is 13.6 Å². The van der Waals surface area contributed by atoms with Gasteiger partial charge >= 0.3 is 5.97 Å².